The number of nitrogens with zero attached hydrogens (tertiary/aromatic N) is 5. The Morgan fingerprint density at radius 2 is 1.83 bits per heavy atom. The lowest BCUT2D eigenvalue weighted by Gasteiger charge is -2.11. The van der Waals surface area contributed by atoms with Crippen LogP contribution in [0.3, 0.4) is 0 Å². The summed E-state index contributed by atoms with van der Waals surface area (Å²) in [5.41, 5.74) is 6.80. The van der Waals surface area contributed by atoms with E-state index in [9.17, 15) is 4.79 Å². The first-order chi connectivity index (χ1) is 14.5. The molecule has 156 valence electrons. The molecule has 0 spiro atoms. The number of benzene rings is 2. The van der Waals surface area contributed by atoms with Crippen LogP contribution in [-0.2, 0) is 11.3 Å². The van der Waals surface area contributed by atoms with Crippen LogP contribution in [-0.4, -0.2) is 46.7 Å². The number of thioether (sulfide) groups is 1. The van der Waals surface area contributed by atoms with Crippen LogP contribution in [0.15, 0.2) is 58.8 Å². The van der Waals surface area contributed by atoms with Gasteiger partial charge >= 0.3 is 0 Å². The van der Waals surface area contributed by atoms with Crippen molar-refractivity contribution in [3.63, 3.8) is 0 Å². The molecule has 1 heterocycles. The second-order valence-electron chi connectivity index (χ2n) is 6.98. The quantitative estimate of drug-likeness (QED) is 0.341. The first-order valence-corrected chi connectivity index (χ1v) is 10.7. The van der Waals surface area contributed by atoms with E-state index < -0.39 is 0 Å². The summed E-state index contributed by atoms with van der Waals surface area (Å²) in [5.74, 6) is 0.825. The smallest absolute Gasteiger partial charge is 0.250 e. The van der Waals surface area contributed by atoms with Gasteiger partial charge in [0.05, 0.1) is 12.0 Å². The maximum absolute atomic E-state index is 12.2. The molecule has 0 atom stereocenters. The summed E-state index contributed by atoms with van der Waals surface area (Å²) in [4.78, 5) is 14.2. The van der Waals surface area contributed by atoms with E-state index in [0.717, 1.165) is 29.2 Å². The number of carbonyl (C=O) groups excluding carboxylic acids is 1. The molecule has 3 aromatic rings. The third-order valence-electron chi connectivity index (χ3n) is 4.49. The number of rotatable bonds is 8. The fraction of sp³-hybridized carbons (Fsp3) is 0.273. The van der Waals surface area contributed by atoms with E-state index in [0.29, 0.717) is 5.16 Å². The molecular weight excluding hydrogens is 396 g/mol. The van der Waals surface area contributed by atoms with Gasteiger partial charge < -0.3 is 9.47 Å². The van der Waals surface area contributed by atoms with Crippen LogP contribution < -0.4 is 10.3 Å². The molecule has 2 aromatic carbocycles. The molecule has 0 saturated carbocycles. The number of hydrogen-bond acceptors (Lipinski definition) is 6. The zero-order valence-corrected chi connectivity index (χ0v) is 18.5. The van der Waals surface area contributed by atoms with Gasteiger partial charge in [0.15, 0.2) is 11.0 Å². The minimum atomic E-state index is -0.191. The van der Waals surface area contributed by atoms with Gasteiger partial charge in [-0.15, -0.1) is 10.2 Å². The Morgan fingerprint density at radius 1 is 1.13 bits per heavy atom. The summed E-state index contributed by atoms with van der Waals surface area (Å²) in [7, 11) is 3.98. The summed E-state index contributed by atoms with van der Waals surface area (Å²) >= 11 is 1.35. The molecule has 0 unspecified atom stereocenters. The summed E-state index contributed by atoms with van der Waals surface area (Å²) in [6, 6.07) is 16.1. The van der Waals surface area contributed by atoms with Gasteiger partial charge in [-0.25, -0.2) is 5.43 Å². The van der Waals surface area contributed by atoms with Crippen molar-refractivity contribution in [2.24, 2.45) is 5.10 Å². The molecule has 0 radical (unpaired) electrons. The zero-order valence-electron chi connectivity index (χ0n) is 17.7. The molecule has 3 rings (SSSR count). The Hall–Kier alpha value is -3.13. The number of hydrazone groups is 1. The lowest BCUT2D eigenvalue weighted by molar-refractivity contribution is -0.118. The number of aromatic nitrogens is 3. The molecule has 0 aliphatic heterocycles. The van der Waals surface area contributed by atoms with Crippen LogP contribution in [0, 0.1) is 6.92 Å². The average molecular weight is 423 g/mol. The van der Waals surface area contributed by atoms with Gasteiger partial charge in [0, 0.05) is 31.9 Å². The van der Waals surface area contributed by atoms with Crippen LogP contribution in [0.25, 0.3) is 11.4 Å². The highest BCUT2D eigenvalue weighted by molar-refractivity contribution is 7.99. The van der Waals surface area contributed by atoms with Gasteiger partial charge in [-0.1, -0.05) is 53.7 Å². The second kappa shape index (κ2) is 10.1. The van der Waals surface area contributed by atoms with Crippen molar-refractivity contribution < 1.29 is 4.79 Å². The van der Waals surface area contributed by atoms with E-state index in [4.69, 9.17) is 0 Å². The van der Waals surface area contributed by atoms with E-state index in [1.807, 2.05) is 66.9 Å². The van der Waals surface area contributed by atoms with Crippen molar-refractivity contribution >= 4 is 29.6 Å². The van der Waals surface area contributed by atoms with Crippen LogP contribution in [0.5, 0.6) is 0 Å². The Labute approximate surface area is 181 Å². The summed E-state index contributed by atoms with van der Waals surface area (Å²) in [6.45, 7) is 4.81. The van der Waals surface area contributed by atoms with E-state index in [1.54, 1.807) is 6.21 Å². The average Bonchev–Trinajstić information content (AvgIpc) is 3.16. The van der Waals surface area contributed by atoms with E-state index >= 15 is 0 Å². The number of nitrogens with one attached hydrogen (secondary N) is 1. The fourth-order valence-corrected chi connectivity index (χ4v) is 3.59. The maximum Gasteiger partial charge on any atom is 0.250 e. The molecule has 0 fully saturated rings. The van der Waals surface area contributed by atoms with Crippen LogP contribution in [0.1, 0.15) is 18.1 Å². The Kier molecular flexibility index (Phi) is 7.24. The summed E-state index contributed by atoms with van der Waals surface area (Å²) < 4.78 is 2.01. The number of amides is 1. The van der Waals surface area contributed by atoms with Crippen LogP contribution in [0.4, 0.5) is 5.69 Å². The molecule has 0 bridgehead atoms. The standard InChI is InChI=1S/C22H26N6OS/c1-5-28-21(18-10-6-16(2)7-11-18)25-26-22(28)30-15-20(29)24-23-14-17-8-12-19(13-9-17)27(3)4/h6-14H,5,15H2,1-4H3,(H,24,29)/b23-14+. The number of anilines is 1. The second-order valence-corrected chi connectivity index (χ2v) is 7.93. The predicted octanol–water partition coefficient (Wildman–Crippen LogP) is 3.58. The van der Waals surface area contributed by atoms with Gasteiger partial charge in [0.2, 0.25) is 0 Å². The number of carbonyl (C=O) groups is 1. The number of hydrogen-bond donors (Lipinski definition) is 1. The molecule has 30 heavy (non-hydrogen) atoms. The van der Waals surface area contributed by atoms with E-state index in [1.165, 1.54) is 17.3 Å². The minimum absolute atomic E-state index is 0.191. The monoisotopic (exact) mass is 422 g/mol. The normalized spacial score (nSPS) is 11.1. The highest BCUT2D eigenvalue weighted by Gasteiger charge is 2.14. The minimum Gasteiger partial charge on any atom is -0.378 e. The fourth-order valence-electron chi connectivity index (χ4n) is 2.80. The van der Waals surface area contributed by atoms with Gasteiger partial charge in [0.1, 0.15) is 0 Å². The number of aryl methyl sites for hydroxylation is 1. The van der Waals surface area contributed by atoms with Gasteiger partial charge in [-0.05, 0) is 31.5 Å². The predicted molar refractivity (Wildman–Crippen MR) is 123 cm³/mol. The van der Waals surface area contributed by atoms with Gasteiger partial charge in [0.25, 0.3) is 5.91 Å². The Bertz CT molecular complexity index is 1010. The molecule has 0 saturated heterocycles. The summed E-state index contributed by atoms with van der Waals surface area (Å²) in [5, 5.41) is 13.3. The third-order valence-corrected chi connectivity index (χ3v) is 5.45. The maximum atomic E-state index is 12.2. The molecule has 0 aliphatic carbocycles. The van der Waals surface area contributed by atoms with E-state index in [2.05, 4.69) is 39.8 Å². The Morgan fingerprint density at radius 3 is 2.47 bits per heavy atom. The van der Waals surface area contributed by atoms with Crippen molar-refractivity contribution in [2.45, 2.75) is 25.5 Å². The van der Waals surface area contributed by atoms with Crippen LogP contribution in [0.2, 0.25) is 0 Å². The van der Waals surface area contributed by atoms with Crippen molar-refractivity contribution in [3.05, 3.63) is 59.7 Å². The highest BCUT2D eigenvalue weighted by atomic mass is 32.2. The molecule has 8 heteroatoms. The van der Waals surface area contributed by atoms with Gasteiger partial charge in [-0.3, -0.25) is 4.79 Å². The molecule has 0 aliphatic rings. The van der Waals surface area contributed by atoms with E-state index in [-0.39, 0.29) is 11.7 Å². The van der Waals surface area contributed by atoms with Gasteiger partial charge in [-0.2, -0.15) is 5.10 Å². The van der Waals surface area contributed by atoms with Crippen molar-refractivity contribution in [2.75, 3.05) is 24.7 Å². The zero-order chi connectivity index (χ0) is 21.5. The highest BCUT2D eigenvalue weighted by Crippen LogP contribution is 2.24. The first kappa shape index (κ1) is 21.6. The first-order valence-electron chi connectivity index (χ1n) is 9.70. The molecule has 1 N–H and O–H groups in total. The largest absolute Gasteiger partial charge is 0.378 e. The van der Waals surface area contributed by atoms with Crippen molar-refractivity contribution in [3.8, 4) is 11.4 Å². The lowest BCUT2D eigenvalue weighted by Crippen LogP contribution is -2.20. The molecule has 7 nitrogen and oxygen atoms in total. The molecular formula is C22H26N6OS. The van der Waals surface area contributed by atoms with Crippen molar-refractivity contribution in [1.82, 2.24) is 20.2 Å². The Balaban J connectivity index is 1.56. The third kappa shape index (κ3) is 5.48. The summed E-state index contributed by atoms with van der Waals surface area (Å²) in [6.07, 6.45) is 1.63. The molecule has 1 aromatic heterocycles. The van der Waals surface area contributed by atoms with Crippen molar-refractivity contribution in [1.29, 1.82) is 0 Å². The lowest BCUT2D eigenvalue weighted by atomic mass is 10.1. The molecule has 1 amide bonds. The topological polar surface area (TPSA) is 75.4 Å². The SMILES string of the molecule is CCn1c(SCC(=O)N/N=C/c2ccc(N(C)C)cc2)nnc1-c1ccc(C)cc1. The van der Waals surface area contributed by atoms with Crippen LogP contribution >= 0.6 is 11.8 Å².